The smallest absolute Gasteiger partial charge is 0.299 e. The van der Waals surface area contributed by atoms with E-state index in [9.17, 15) is 9.59 Å². The monoisotopic (exact) mass is 274 g/mol. The highest BCUT2D eigenvalue weighted by Crippen LogP contribution is 2.34. The second-order valence-electron chi connectivity index (χ2n) is 5.24. The van der Waals surface area contributed by atoms with Gasteiger partial charge in [0.05, 0.1) is 11.3 Å². The van der Waals surface area contributed by atoms with Crippen LogP contribution in [-0.4, -0.2) is 42.8 Å². The van der Waals surface area contributed by atoms with Crippen LogP contribution < -0.4 is 4.90 Å². The Bertz CT molecular complexity index is 548. The maximum absolute atomic E-state index is 12.2. The van der Waals surface area contributed by atoms with Gasteiger partial charge in [0.2, 0.25) is 0 Å². The maximum Gasteiger partial charge on any atom is 0.299 e. The summed E-state index contributed by atoms with van der Waals surface area (Å²) < 4.78 is 0. The number of likely N-dealkylation sites (N-methyl/N-ethyl adjacent to an activating group) is 1. The molecule has 0 bridgehead atoms. The van der Waals surface area contributed by atoms with Gasteiger partial charge in [-0.3, -0.25) is 9.59 Å². The third-order valence-electron chi connectivity index (χ3n) is 4.06. The van der Waals surface area contributed by atoms with Crippen molar-refractivity contribution >= 4 is 17.4 Å². The molecule has 0 spiro atoms. The third kappa shape index (κ3) is 2.36. The summed E-state index contributed by atoms with van der Waals surface area (Å²) in [7, 11) is 0. The van der Waals surface area contributed by atoms with E-state index in [1.54, 1.807) is 4.90 Å². The molecule has 1 aliphatic heterocycles. The number of carbonyl (C=O) groups is 2. The third-order valence-corrected chi connectivity index (χ3v) is 4.06. The van der Waals surface area contributed by atoms with E-state index in [1.807, 2.05) is 26.0 Å². The first-order chi connectivity index (χ1) is 9.51. The Morgan fingerprint density at radius 1 is 1.05 bits per heavy atom. The van der Waals surface area contributed by atoms with E-state index < -0.39 is 0 Å². The average Bonchev–Trinajstić information content (AvgIpc) is 2.70. The fraction of sp³-hybridized carbons (Fsp3) is 0.500. The van der Waals surface area contributed by atoms with Gasteiger partial charge in [0.15, 0.2) is 0 Å². The molecule has 1 aromatic rings. The van der Waals surface area contributed by atoms with Crippen LogP contribution in [-0.2, 0) is 4.79 Å². The number of fused-ring (bicyclic) bond motifs is 1. The highest BCUT2D eigenvalue weighted by Gasteiger charge is 2.37. The predicted molar refractivity (Wildman–Crippen MR) is 80.4 cm³/mol. The maximum atomic E-state index is 12.2. The van der Waals surface area contributed by atoms with E-state index in [1.165, 1.54) is 0 Å². The van der Waals surface area contributed by atoms with Crippen LogP contribution in [0.3, 0.4) is 0 Å². The Labute approximate surface area is 120 Å². The van der Waals surface area contributed by atoms with E-state index in [0.29, 0.717) is 12.1 Å². The number of anilines is 1. The quantitative estimate of drug-likeness (QED) is 0.773. The number of hydrogen-bond acceptors (Lipinski definition) is 3. The number of amides is 1. The van der Waals surface area contributed by atoms with Gasteiger partial charge in [-0.2, -0.15) is 0 Å². The molecule has 0 radical (unpaired) electrons. The van der Waals surface area contributed by atoms with E-state index in [4.69, 9.17) is 0 Å². The van der Waals surface area contributed by atoms with Gasteiger partial charge in [0.1, 0.15) is 0 Å². The van der Waals surface area contributed by atoms with Gasteiger partial charge < -0.3 is 9.80 Å². The zero-order chi connectivity index (χ0) is 14.9. The summed E-state index contributed by atoms with van der Waals surface area (Å²) in [5.41, 5.74) is 3.28. The summed E-state index contributed by atoms with van der Waals surface area (Å²) in [5, 5.41) is 0. The van der Waals surface area contributed by atoms with Crippen LogP contribution in [0.1, 0.15) is 35.3 Å². The largest absolute Gasteiger partial charge is 0.303 e. The number of benzene rings is 1. The molecule has 2 rings (SSSR count). The van der Waals surface area contributed by atoms with Crippen molar-refractivity contribution in [2.75, 3.05) is 31.1 Å². The number of rotatable bonds is 5. The molecule has 108 valence electrons. The van der Waals surface area contributed by atoms with Crippen molar-refractivity contribution in [2.45, 2.75) is 27.7 Å². The number of ketones is 1. The minimum absolute atomic E-state index is 0.360. The molecule has 0 N–H and O–H groups in total. The van der Waals surface area contributed by atoms with Gasteiger partial charge in [-0.15, -0.1) is 0 Å². The summed E-state index contributed by atoms with van der Waals surface area (Å²) in [4.78, 5) is 28.3. The zero-order valence-corrected chi connectivity index (χ0v) is 12.7. The van der Waals surface area contributed by atoms with Gasteiger partial charge in [-0.25, -0.2) is 0 Å². The Morgan fingerprint density at radius 2 is 1.65 bits per heavy atom. The van der Waals surface area contributed by atoms with Crippen LogP contribution in [0.5, 0.6) is 0 Å². The predicted octanol–water partition coefficient (Wildman–Crippen LogP) is 2.17. The van der Waals surface area contributed by atoms with E-state index in [2.05, 4.69) is 18.7 Å². The first-order valence-corrected chi connectivity index (χ1v) is 7.20. The van der Waals surface area contributed by atoms with Crippen molar-refractivity contribution in [1.82, 2.24) is 4.90 Å². The van der Waals surface area contributed by atoms with Crippen molar-refractivity contribution in [2.24, 2.45) is 0 Å². The van der Waals surface area contributed by atoms with Gasteiger partial charge in [-0.05, 0) is 38.1 Å². The molecule has 1 aromatic carbocycles. The zero-order valence-electron chi connectivity index (χ0n) is 12.7. The second-order valence-corrected chi connectivity index (χ2v) is 5.24. The fourth-order valence-electron chi connectivity index (χ4n) is 2.76. The Balaban J connectivity index is 2.31. The lowest BCUT2D eigenvalue weighted by Gasteiger charge is -2.24. The number of Topliss-reactive ketones (excluding diaryl/α,β-unsaturated/α-hetero) is 1. The summed E-state index contributed by atoms with van der Waals surface area (Å²) in [5.74, 6) is -0.745. The molecular formula is C16H22N2O2. The lowest BCUT2D eigenvalue weighted by Crippen LogP contribution is -2.38. The SMILES string of the molecule is CCN(CC)CCN1C(=O)C(=O)c2c(C)ccc(C)c21. The summed E-state index contributed by atoms with van der Waals surface area (Å²) in [6.45, 7) is 11.3. The lowest BCUT2D eigenvalue weighted by molar-refractivity contribution is -0.114. The van der Waals surface area contributed by atoms with Crippen LogP contribution in [0.15, 0.2) is 12.1 Å². The Hall–Kier alpha value is -1.68. The molecule has 0 unspecified atom stereocenters. The van der Waals surface area contributed by atoms with Crippen molar-refractivity contribution in [1.29, 1.82) is 0 Å². The molecule has 0 aliphatic carbocycles. The fourth-order valence-corrected chi connectivity index (χ4v) is 2.76. The molecular weight excluding hydrogens is 252 g/mol. The molecule has 1 amide bonds. The van der Waals surface area contributed by atoms with Gasteiger partial charge in [-0.1, -0.05) is 26.0 Å². The molecule has 4 heteroatoms. The standard InChI is InChI=1S/C16H22N2O2/c1-5-17(6-2)9-10-18-14-12(4)8-7-11(3)13(14)15(19)16(18)20/h7-8H,5-6,9-10H2,1-4H3. The van der Waals surface area contributed by atoms with E-state index in [-0.39, 0.29) is 11.7 Å². The van der Waals surface area contributed by atoms with Crippen LogP contribution in [0.2, 0.25) is 0 Å². The minimum Gasteiger partial charge on any atom is -0.303 e. The van der Waals surface area contributed by atoms with E-state index in [0.717, 1.165) is 36.4 Å². The van der Waals surface area contributed by atoms with Crippen molar-refractivity contribution in [3.63, 3.8) is 0 Å². The lowest BCUT2D eigenvalue weighted by atomic mass is 10.0. The molecule has 0 aromatic heterocycles. The van der Waals surface area contributed by atoms with Crippen molar-refractivity contribution in [3.05, 3.63) is 28.8 Å². The number of nitrogens with zero attached hydrogens (tertiary/aromatic N) is 2. The van der Waals surface area contributed by atoms with Gasteiger partial charge >= 0.3 is 0 Å². The second kappa shape index (κ2) is 5.75. The van der Waals surface area contributed by atoms with Crippen LogP contribution in [0, 0.1) is 13.8 Å². The topological polar surface area (TPSA) is 40.6 Å². The average molecular weight is 274 g/mol. The molecule has 0 atom stereocenters. The van der Waals surface area contributed by atoms with Crippen LogP contribution in [0.4, 0.5) is 5.69 Å². The normalized spacial score (nSPS) is 14.3. The Kier molecular flexibility index (Phi) is 4.23. The number of carbonyl (C=O) groups excluding carboxylic acids is 2. The van der Waals surface area contributed by atoms with Crippen molar-refractivity contribution < 1.29 is 9.59 Å². The molecule has 0 saturated carbocycles. The molecule has 4 nitrogen and oxygen atoms in total. The first-order valence-electron chi connectivity index (χ1n) is 7.20. The minimum atomic E-state index is -0.385. The van der Waals surface area contributed by atoms with Crippen LogP contribution in [0.25, 0.3) is 0 Å². The molecule has 1 heterocycles. The van der Waals surface area contributed by atoms with Gasteiger partial charge in [0.25, 0.3) is 11.7 Å². The number of hydrogen-bond donors (Lipinski definition) is 0. The van der Waals surface area contributed by atoms with E-state index >= 15 is 0 Å². The molecule has 1 aliphatic rings. The first kappa shape index (κ1) is 14.7. The molecule has 20 heavy (non-hydrogen) atoms. The Morgan fingerprint density at radius 3 is 2.25 bits per heavy atom. The highest BCUT2D eigenvalue weighted by atomic mass is 16.2. The molecule has 0 saturated heterocycles. The summed E-state index contributed by atoms with van der Waals surface area (Å²) in [6.07, 6.45) is 0. The highest BCUT2D eigenvalue weighted by molar-refractivity contribution is 6.52. The summed E-state index contributed by atoms with van der Waals surface area (Å²) >= 11 is 0. The van der Waals surface area contributed by atoms with Gasteiger partial charge in [0, 0.05) is 13.1 Å². The van der Waals surface area contributed by atoms with Crippen molar-refractivity contribution in [3.8, 4) is 0 Å². The van der Waals surface area contributed by atoms with Crippen LogP contribution >= 0.6 is 0 Å². The molecule has 0 fully saturated rings. The summed E-state index contributed by atoms with van der Waals surface area (Å²) in [6, 6.07) is 3.89. The number of aryl methyl sites for hydroxylation is 2.